The third-order valence-corrected chi connectivity index (χ3v) is 5.73. The molecule has 7 nitrogen and oxygen atoms in total. The Bertz CT molecular complexity index is 1280. The van der Waals surface area contributed by atoms with Crippen molar-refractivity contribution in [3.63, 3.8) is 0 Å². The predicted octanol–water partition coefficient (Wildman–Crippen LogP) is 3.46. The number of hydrogen-bond acceptors (Lipinski definition) is 6. The van der Waals surface area contributed by atoms with Crippen LogP contribution in [-0.4, -0.2) is 49.1 Å². The van der Waals surface area contributed by atoms with Gasteiger partial charge in [0.25, 0.3) is 0 Å². The lowest BCUT2D eigenvalue weighted by atomic mass is 10.0. The van der Waals surface area contributed by atoms with E-state index in [4.69, 9.17) is 0 Å². The summed E-state index contributed by atoms with van der Waals surface area (Å²) in [6.45, 7) is 0.111. The number of pyridine rings is 1. The van der Waals surface area contributed by atoms with Crippen molar-refractivity contribution in [3.8, 4) is 17.1 Å². The van der Waals surface area contributed by atoms with Crippen molar-refractivity contribution < 1.29 is 19.0 Å². The summed E-state index contributed by atoms with van der Waals surface area (Å²) >= 11 is 0. The molecule has 2 N–H and O–H groups in total. The molecule has 0 radical (unpaired) electrons. The molecule has 0 saturated carbocycles. The van der Waals surface area contributed by atoms with Gasteiger partial charge in [-0.3, -0.25) is 4.98 Å². The third kappa shape index (κ3) is 3.64. The van der Waals surface area contributed by atoms with E-state index in [9.17, 15) is 19.0 Å². The topological polar surface area (TPSA) is 86.8 Å². The Hall–Kier alpha value is -3.59. The van der Waals surface area contributed by atoms with E-state index in [-0.39, 0.29) is 25.3 Å². The SMILES string of the molecule is OCCc1ccnc(-c2cnc3ccc(N4C[C@@H](F)C[C@@H]4c4cc(F)ccc4O)nn23)c1. The first-order chi connectivity index (χ1) is 15.5. The summed E-state index contributed by atoms with van der Waals surface area (Å²) < 4.78 is 29.9. The van der Waals surface area contributed by atoms with Gasteiger partial charge < -0.3 is 15.1 Å². The summed E-state index contributed by atoms with van der Waals surface area (Å²) in [6, 6.07) is 10.4. The zero-order valence-electron chi connectivity index (χ0n) is 17.1. The second kappa shape index (κ2) is 8.16. The molecule has 1 saturated heterocycles. The number of aromatic hydroxyl groups is 1. The molecule has 1 fully saturated rings. The number of rotatable bonds is 5. The van der Waals surface area contributed by atoms with Gasteiger partial charge in [-0.15, -0.1) is 5.10 Å². The van der Waals surface area contributed by atoms with E-state index in [0.717, 1.165) is 5.56 Å². The van der Waals surface area contributed by atoms with Crippen molar-refractivity contribution in [2.45, 2.75) is 25.1 Å². The molecule has 5 rings (SSSR count). The van der Waals surface area contributed by atoms with Gasteiger partial charge in [-0.25, -0.2) is 18.3 Å². The number of alkyl halides is 1. The number of benzene rings is 1. The molecule has 9 heteroatoms. The standard InChI is InChI=1S/C23H21F2N5O2/c24-15-1-2-21(32)17(10-15)19-11-16(25)13-29(19)23-4-3-22-27-12-20(30(22)28-23)18-9-14(6-8-31)5-7-26-18/h1-5,7,9-10,12,16,19,31-32H,6,8,11,13H2/t16-,19+/m0/s1. The Balaban J connectivity index is 1.56. The highest BCUT2D eigenvalue weighted by Crippen LogP contribution is 2.40. The number of phenols is 1. The third-order valence-electron chi connectivity index (χ3n) is 5.73. The van der Waals surface area contributed by atoms with Gasteiger partial charge in [0.2, 0.25) is 0 Å². The van der Waals surface area contributed by atoms with Gasteiger partial charge in [0.05, 0.1) is 24.5 Å². The average molecular weight is 437 g/mol. The zero-order valence-corrected chi connectivity index (χ0v) is 17.1. The number of fused-ring (bicyclic) bond motifs is 1. The molecule has 0 bridgehead atoms. The minimum absolute atomic E-state index is 0.0344. The number of aliphatic hydroxyl groups excluding tert-OH is 1. The van der Waals surface area contributed by atoms with E-state index >= 15 is 0 Å². The zero-order chi connectivity index (χ0) is 22.2. The molecule has 1 aliphatic heterocycles. The van der Waals surface area contributed by atoms with E-state index < -0.39 is 18.0 Å². The molecule has 4 heterocycles. The Morgan fingerprint density at radius 2 is 1.97 bits per heavy atom. The van der Waals surface area contributed by atoms with Gasteiger partial charge in [-0.05, 0) is 54.4 Å². The van der Waals surface area contributed by atoms with Crippen LogP contribution >= 0.6 is 0 Å². The molecule has 0 amide bonds. The van der Waals surface area contributed by atoms with Gasteiger partial charge in [0.1, 0.15) is 29.3 Å². The number of aliphatic hydroxyl groups is 1. The maximum Gasteiger partial charge on any atom is 0.154 e. The predicted molar refractivity (Wildman–Crippen MR) is 115 cm³/mol. The number of hydrogen-bond donors (Lipinski definition) is 2. The fourth-order valence-corrected chi connectivity index (χ4v) is 4.22. The van der Waals surface area contributed by atoms with Crippen LogP contribution in [0.25, 0.3) is 17.0 Å². The second-order valence-corrected chi connectivity index (χ2v) is 7.83. The number of phenolic OH excluding ortho intramolecular Hbond substituents is 1. The monoisotopic (exact) mass is 437 g/mol. The Labute approximate surface area is 182 Å². The van der Waals surface area contributed by atoms with Crippen LogP contribution in [0.3, 0.4) is 0 Å². The van der Waals surface area contributed by atoms with E-state index in [2.05, 4.69) is 15.1 Å². The molecule has 0 aliphatic carbocycles. The van der Waals surface area contributed by atoms with Crippen LogP contribution in [0.15, 0.2) is 54.9 Å². The summed E-state index contributed by atoms with van der Waals surface area (Å²) in [7, 11) is 0. The van der Waals surface area contributed by atoms with Crippen molar-refractivity contribution in [2.24, 2.45) is 0 Å². The first kappa shape index (κ1) is 20.3. The number of imidazole rings is 1. The van der Waals surface area contributed by atoms with Crippen molar-refractivity contribution in [2.75, 3.05) is 18.1 Å². The largest absolute Gasteiger partial charge is 0.508 e. The summed E-state index contributed by atoms with van der Waals surface area (Å²) in [6.07, 6.45) is 2.82. The average Bonchev–Trinajstić information content (AvgIpc) is 3.39. The van der Waals surface area contributed by atoms with Crippen LogP contribution in [0.5, 0.6) is 5.75 Å². The maximum absolute atomic E-state index is 14.4. The van der Waals surface area contributed by atoms with Crippen LogP contribution in [-0.2, 0) is 6.42 Å². The van der Waals surface area contributed by atoms with Crippen molar-refractivity contribution in [3.05, 3.63) is 71.8 Å². The smallest absolute Gasteiger partial charge is 0.154 e. The lowest BCUT2D eigenvalue weighted by molar-refractivity contribution is 0.299. The minimum atomic E-state index is -1.14. The molecular weight excluding hydrogens is 416 g/mol. The summed E-state index contributed by atoms with van der Waals surface area (Å²) in [5, 5.41) is 24.2. The quantitative estimate of drug-likeness (QED) is 0.497. The van der Waals surface area contributed by atoms with Crippen LogP contribution in [0, 0.1) is 5.82 Å². The molecular formula is C23H21F2N5O2. The molecule has 1 aliphatic rings. The van der Waals surface area contributed by atoms with Gasteiger partial charge in [-0.2, -0.15) is 0 Å². The molecule has 4 aromatic rings. The molecule has 164 valence electrons. The molecule has 3 aromatic heterocycles. The summed E-state index contributed by atoms with van der Waals surface area (Å²) in [4.78, 5) is 10.5. The van der Waals surface area contributed by atoms with E-state index in [1.165, 1.54) is 18.2 Å². The highest BCUT2D eigenvalue weighted by Gasteiger charge is 2.36. The molecule has 0 spiro atoms. The van der Waals surface area contributed by atoms with Gasteiger partial charge in [0, 0.05) is 24.8 Å². The maximum atomic E-state index is 14.4. The van der Waals surface area contributed by atoms with Crippen LogP contribution < -0.4 is 4.90 Å². The highest BCUT2D eigenvalue weighted by atomic mass is 19.1. The van der Waals surface area contributed by atoms with E-state index in [0.29, 0.717) is 34.8 Å². The van der Waals surface area contributed by atoms with Crippen LogP contribution in [0.4, 0.5) is 14.6 Å². The van der Waals surface area contributed by atoms with E-state index in [1.54, 1.807) is 33.9 Å². The van der Waals surface area contributed by atoms with Crippen molar-refractivity contribution in [1.82, 2.24) is 19.6 Å². The molecule has 0 unspecified atom stereocenters. The first-order valence-electron chi connectivity index (χ1n) is 10.3. The Kier molecular flexibility index (Phi) is 5.18. The Morgan fingerprint density at radius 1 is 1.09 bits per heavy atom. The molecule has 2 atom stereocenters. The summed E-state index contributed by atoms with van der Waals surface area (Å²) in [5.74, 6) is -0.0870. The minimum Gasteiger partial charge on any atom is -0.508 e. The van der Waals surface area contributed by atoms with Gasteiger partial charge in [0.15, 0.2) is 5.65 Å². The highest BCUT2D eigenvalue weighted by molar-refractivity contribution is 5.61. The van der Waals surface area contributed by atoms with Gasteiger partial charge >= 0.3 is 0 Å². The molecule has 1 aromatic carbocycles. The number of halogens is 2. The fraction of sp³-hybridized carbons (Fsp3) is 0.261. The number of anilines is 1. The lowest BCUT2D eigenvalue weighted by Gasteiger charge is -2.26. The number of aromatic nitrogens is 4. The van der Waals surface area contributed by atoms with Crippen LogP contribution in [0.2, 0.25) is 0 Å². The van der Waals surface area contributed by atoms with Crippen molar-refractivity contribution in [1.29, 1.82) is 0 Å². The number of nitrogens with zero attached hydrogens (tertiary/aromatic N) is 5. The second-order valence-electron chi connectivity index (χ2n) is 7.83. The Morgan fingerprint density at radius 3 is 2.81 bits per heavy atom. The van der Waals surface area contributed by atoms with Crippen LogP contribution in [0.1, 0.15) is 23.6 Å². The van der Waals surface area contributed by atoms with Crippen molar-refractivity contribution >= 4 is 11.5 Å². The lowest BCUT2D eigenvalue weighted by Crippen LogP contribution is -2.25. The summed E-state index contributed by atoms with van der Waals surface area (Å²) in [5.41, 5.74) is 3.17. The normalized spacial score (nSPS) is 18.5. The van der Waals surface area contributed by atoms with E-state index in [1.807, 2.05) is 12.1 Å². The molecule has 32 heavy (non-hydrogen) atoms. The van der Waals surface area contributed by atoms with Gasteiger partial charge in [-0.1, -0.05) is 0 Å². The fourth-order valence-electron chi connectivity index (χ4n) is 4.22. The first-order valence-corrected chi connectivity index (χ1v) is 10.3.